The quantitative estimate of drug-likeness (QED) is 0.617. The van der Waals surface area contributed by atoms with Crippen LogP contribution in [0.3, 0.4) is 0 Å². The standard InChI is InChI=1S/C30H33FN4O4/c1-30(2,3)39-29(38)35-23-10-9-21(12-23)27(35)28(37)33-22(16-32)11-19-7-5-17(13-24(19)31)18-6-8-20-15-26(36)34(4)25(20)14-18/h5-8,13-14,21-23,27H,9-12,15H2,1-4H3,(H,33,37)/t21-,22?,23+,27-/m0/s1. The Morgan fingerprint density at radius 1 is 1.18 bits per heavy atom. The van der Waals surface area contributed by atoms with Crippen LogP contribution in [0.15, 0.2) is 36.4 Å². The van der Waals surface area contributed by atoms with E-state index in [4.69, 9.17) is 4.74 Å². The molecule has 0 spiro atoms. The maximum atomic E-state index is 15.2. The van der Waals surface area contributed by atoms with Gasteiger partial charge in [0.1, 0.15) is 23.5 Å². The number of carbonyl (C=O) groups excluding carboxylic acids is 3. The van der Waals surface area contributed by atoms with Gasteiger partial charge in [-0.15, -0.1) is 0 Å². The molecule has 4 atom stereocenters. The highest BCUT2D eigenvalue weighted by molar-refractivity contribution is 6.01. The Kier molecular flexibility index (Phi) is 6.83. The molecule has 1 N–H and O–H groups in total. The zero-order valence-corrected chi connectivity index (χ0v) is 22.7. The molecule has 8 nitrogen and oxygen atoms in total. The fourth-order valence-corrected chi connectivity index (χ4v) is 6.02. The van der Waals surface area contributed by atoms with E-state index in [-0.39, 0.29) is 24.3 Å². The van der Waals surface area contributed by atoms with Gasteiger partial charge in [0.2, 0.25) is 11.8 Å². The van der Waals surface area contributed by atoms with Gasteiger partial charge in [0, 0.05) is 25.2 Å². The number of hydrogen-bond acceptors (Lipinski definition) is 5. The zero-order valence-electron chi connectivity index (χ0n) is 22.7. The zero-order chi connectivity index (χ0) is 28.1. The number of carbonyl (C=O) groups is 3. The summed E-state index contributed by atoms with van der Waals surface area (Å²) in [7, 11) is 1.72. The summed E-state index contributed by atoms with van der Waals surface area (Å²) in [5.74, 6) is -0.858. The van der Waals surface area contributed by atoms with Crippen LogP contribution in [0, 0.1) is 23.1 Å². The largest absolute Gasteiger partial charge is 0.444 e. The van der Waals surface area contributed by atoms with Crippen molar-refractivity contribution in [1.82, 2.24) is 10.2 Å². The molecule has 0 radical (unpaired) electrons. The molecule has 2 aromatic rings. The van der Waals surface area contributed by atoms with E-state index in [9.17, 15) is 19.6 Å². The molecule has 2 fully saturated rings. The summed E-state index contributed by atoms with van der Waals surface area (Å²) in [5, 5.41) is 12.5. The number of piperidine rings is 1. The van der Waals surface area contributed by atoms with Crippen LogP contribution in [0.5, 0.6) is 0 Å². The lowest BCUT2D eigenvalue weighted by atomic mass is 9.96. The molecule has 1 saturated heterocycles. The lowest BCUT2D eigenvalue weighted by molar-refractivity contribution is -0.128. The number of ether oxygens (including phenoxy) is 1. The molecule has 204 valence electrons. The van der Waals surface area contributed by atoms with Crippen molar-refractivity contribution >= 4 is 23.6 Å². The van der Waals surface area contributed by atoms with Crippen molar-refractivity contribution in [3.05, 3.63) is 53.3 Å². The third-order valence-electron chi connectivity index (χ3n) is 7.90. The number of anilines is 1. The van der Waals surface area contributed by atoms with Crippen molar-refractivity contribution in [3.8, 4) is 17.2 Å². The molecule has 2 aliphatic heterocycles. The molecule has 2 heterocycles. The van der Waals surface area contributed by atoms with Crippen LogP contribution in [-0.2, 0) is 27.2 Å². The summed E-state index contributed by atoms with van der Waals surface area (Å²) in [6.07, 6.45) is 2.22. The maximum Gasteiger partial charge on any atom is 0.411 e. The van der Waals surface area contributed by atoms with E-state index in [0.717, 1.165) is 36.1 Å². The van der Waals surface area contributed by atoms with Gasteiger partial charge in [-0.05, 0) is 80.3 Å². The van der Waals surface area contributed by atoms with Crippen LogP contribution >= 0.6 is 0 Å². The number of rotatable bonds is 5. The number of likely N-dealkylation sites (N-methyl/N-ethyl adjacent to an activating group) is 1. The van der Waals surface area contributed by atoms with E-state index < -0.39 is 35.5 Å². The SMILES string of the molecule is CN1C(=O)Cc2ccc(-c3ccc(CC(C#N)NC(=O)[C@@H]4[C@H]5CC[C@H](C5)N4C(=O)OC(C)(C)C)c(F)c3)cc21. The van der Waals surface area contributed by atoms with Crippen LogP contribution in [0.25, 0.3) is 11.1 Å². The van der Waals surface area contributed by atoms with Crippen LogP contribution in [0.1, 0.15) is 51.2 Å². The monoisotopic (exact) mass is 532 g/mol. The van der Waals surface area contributed by atoms with Gasteiger partial charge in [-0.2, -0.15) is 5.26 Å². The molecule has 3 amide bonds. The van der Waals surface area contributed by atoms with Crippen molar-refractivity contribution in [2.45, 2.75) is 76.6 Å². The minimum atomic E-state index is -0.961. The molecule has 9 heteroatoms. The molecule has 2 aromatic carbocycles. The molecule has 2 bridgehead atoms. The molecule has 3 aliphatic rings. The number of benzene rings is 2. The third kappa shape index (κ3) is 5.20. The molecule has 1 aliphatic carbocycles. The summed E-state index contributed by atoms with van der Waals surface area (Å²) in [6, 6.07) is 10.8. The average Bonchev–Trinajstić information content (AvgIpc) is 3.57. The highest BCUT2D eigenvalue weighted by Crippen LogP contribution is 2.43. The van der Waals surface area contributed by atoms with Crippen molar-refractivity contribution < 1.29 is 23.5 Å². The molecule has 1 unspecified atom stereocenters. The second-order valence-electron chi connectivity index (χ2n) is 11.7. The third-order valence-corrected chi connectivity index (χ3v) is 7.90. The minimum Gasteiger partial charge on any atom is -0.444 e. The minimum absolute atomic E-state index is 0.0109. The Labute approximate surface area is 227 Å². The number of nitrogens with one attached hydrogen (secondary N) is 1. The average molecular weight is 533 g/mol. The molecule has 5 rings (SSSR count). The number of hydrogen-bond donors (Lipinski definition) is 1. The predicted octanol–water partition coefficient (Wildman–Crippen LogP) is 4.35. The summed E-state index contributed by atoms with van der Waals surface area (Å²) >= 11 is 0. The van der Waals surface area contributed by atoms with Crippen LogP contribution in [0.2, 0.25) is 0 Å². The first-order valence-corrected chi connectivity index (χ1v) is 13.3. The Morgan fingerprint density at radius 3 is 2.59 bits per heavy atom. The Hall–Kier alpha value is -3.93. The van der Waals surface area contributed by atoms with E-state index in [1.54, 1.807) is 44.9 Å². The first-order chi connectivity index (χ1) is 18.4. The second kappa shape index (κ2) is 9.99. The van der Waals surface area contributed by atoms with Gasteiger partial charge in [0.05, 0.1) is 12.5 Å². The number of nitrogens with zero attached hydrogens (tertiary/aromatic N) is 3. The maximum absolute atomic E-state index is 15.2. The molecular formula is C30H33FN4O4. The summed E-state index contributed by atoms with van der Waals surface area (Å²) < 4.78 is 20.7. The molecule has 39 heavy (non-hydrogen) atoms. The van der Waals surface area contributed by atoms with Gasteiger partial charge in [-0.25, -0.2) is 9.18 Å². The van der Waals surface area contributed by atoms with Gasteiger partial charge in [-0.1, -0.05) is 24.3 Å². The number of nitriles is 1. The van der Waals surface area contributed by atoms with Gasteiger partial charge in [0.15, 0.2) is 0 Å². The lowest BCUT2D eigenvalue weighted by Crippen LogP contribution is -2.55. The fraction of sp³-hybridized carbons (Fsp3) is 0.467. The highest BCUT2D eigenvalue weighted by atomic mass is 19.1. The van der Waals surface area contributed by atoms with E-state index in [1.165, 1.54) is 11.0 Å². The fourth-order valence-electron chi connectivity index (χ4n) is 6.02. The van der Waals surface area contributed by atoms with Gasteiger partial charge >= 0.3 is 6.09 Å². The van der Waals surface area contributed by atoms with E-state index in [2.05, 4.69) is 11.4 Å². The summed E-state index contributed by atoms with van der Waals surface area (Å²) in [5.41, 5.74) is 2.80. The summed E-state index contributed by atoms with van der Waals surface area (Å²) in [6.45, 7) is 5.34. The lowest BCUT2D eigenvalue weighted by Gasteiger charge is -2.35. The first kappa shape index (κ1) is 26.7. The smallest absolute Gasteiger partial charge is 0.411 e. The van der Waals surface area contributed by atoms with Crippen LogP contribution in [0.4, 0.5) is 14.9 Å². The first-order valence-electron chi connectivity index (χ1n) is 13.3. The number of fused-ring (bicyclic) bond motifs is 3. The van der Waals surface area contributed by atoms with Gasteiger partial charge in [-0.3, -0.25) is 14.5 Å². The van der Waals surface area contributed by atoms with E-state index >= 15 is 4.39 Å². The molecule has 1 saturated carbocycles. The molecular weight excluding hydrogens is 499 g/mol. The van der Waals surface area contributed by atoms with Gasteiger partial charge < -0.3 is 15.0 Å². The Bertz CT molecular complexity index is 1380. The van der Waals surface area contributed by atoms with Crippen molar-refractivity contribution in [2.75, 3.05) is 11.9 Å². The number of likely N-dealkylation sites (tertiary alicyclic amines) is 1. The number of halogens is 1. The Morgan fingerprint density at radius 2 is 1.90 bits per heavy atom. The van der Waals surface area contributed by atoms with E-state index in [0.29, 0.717) is 17.5 Å². The number of amides is 3. The normalized spacial score (nSPS) is 22.5. The highest BCUT2D eigenvalue weighted by Gasteiger charge is 2.52. The van der Waals surface area contributed by atoms with Crippen molar-refractivity contribution in [3.63, 3.8) is 0 Å². The molecule has 0 aromatic heterocycles. The van der Waals surface area contributed by atoms with Crippen molar-refractivity contribution in [1.29, 1.82) is 5.26 Å². The van der Waals surface area contributed by atoms with Crippen LogP contribution < -0.4 is 10.2 Å². The van der Waals surface area contributed by atoms with Crippen molar-refractivity contribution in [2.24, 2.45) is 5.92 Å². The van der Waals surface area contributed by atoms with E-state index in [1.807, 2.05) is 18.2 Å². The predicted molar refractivity (Wildman–Crippen MR) is 143 cm³/mol. The van der Waals surface area contributed by atoms with Crippen LogP contribution in [-0.4, -0.2) is 53.6 Å². The van der Waals surface area contributed by atoms with Gasteiger partial charge in [0.25, 0.3) is 0 Å². The second-order valence-corrected chi connectivity index (χ2v) is 11.7. The summed E-state index contributed by atoms with van der Waals surface area (Å²) in [4.78, 5) is 41.3. The Balaban J connectivity index is 1.28. The topological polar surface area (TPSA) is 103 Å².